The van der Waals surface area contributed by atoms with Crippen molar-refractivity contribution >= 4 is 0 Å². The van der Waals surface area contributed by atoms with Gasteiger partial charge in [-0.3, -0.25) is 0 Å². The van der Waals surface area contributed by atoms with Crippen molar-refractivity contribution in [3.8, 4) is 0 Å². The fourth-order valence-corrected chi connectivity index (χ4v) is 0.883. The number of rotatable bonds is 4. The summed E-state index contributed by atoms with van der Waals surface area (Å²) in [5.74, 6) is 0.292. The van der Waals surface area contributed by atoms with Gasteiger partial charge in [-0.2, -0.15) is 0 Å². The zero-order valence-corrected chi connectivity index (χ0v) is 6.87. The van der Waals surface area contributed by atoms with E-state index in [1.165, 1.54) is 0 Å². The van der Waals surface area contributed by atoms with Gasteiger partial charge < -0.3 is 9.84 Å². The van der Waals surface area contributed by atoms with Gasteiger partial charge in [0.05, 0.1) is 12.7 Å². The monoisotopic (exact) mass is 144 g/mol. The molecule has 2 atom stereocenters. The topological polar surface area (TPSA) is 29.5 Å². The third-order valence-corrected chi connectivity index (χ3v) is 1.57. The lowest BCUT2D eigenvalue weighted by Crippen LogP contribution is -2.22. The maximum absolute atomic E-state index is 8.76. The average molecular weight is 144 g/mol. The maximum Gasteiger partial charge on any atom is 0.0861 e. The van der Waals surface area contributed by atoms with E-state index >= 15 is 0 Å². The molecule has 0 saturated carbocycles. The minimum atomic E-state index is -0.0591. The van der Waals surface area contributed by atoms with Crippen LogP contribution >= 0.6 is 0 Å². The van der Waals surface area contributed by atoms with Crippen molar-refractivity contribution in [2.24, 2.45) is 5.92 Å². The first-order chi connectivity index (χ1) is 4.76. The Hall–Kier alpha value is -0.340. The zero-order valence-electron chi connectivity index (χ0n) is 6.87. The molecule has 0 rings (SSSR count). The Morgan fingerprint density at radius 2 is 2.20 bits per heavy atom. The predicted octanol–water partition coefficient (Wildman–Crippen LogP) is 1.21. The standard InChI is InChI=1S/C8H16O2/c1-4-5-7(2)8(6-9)10-3/h4-5,7-9H,6H2,1-3H3/b5-4+. The van der Waals surface area contributed by atoms with Crippen molar-refractivity contribution in [2.45, 2.75) is 20.0 Å². The Morgan fingerprint density at radius 1 is 1.60 bits per heavy atom. The quantitative estimate of drug-likeness (QED) is 0.601. The van der Waals surface area contributed by atoms with E-state index in [1.807, 2.05) is 26.0 Å². The molecule has 0 saturated heterocycles. The molecule has 0 aliphatic rings. The van der Waals surface area contributed by atoms with Crippen LogP contribution in [0.3, 0.4) is 0 Å². The van der Waals surface area contributed by atoms with Crippen LogP contribution in [0, 0.1) is 5.92 Å². The lowest BCUT2D eigenvalue weighted by Gasteiger charge is -2.16. The van der Waals surface area contributed by atoms with Crippen molar-refractivity contribution in [3.05, 3.63) is 12.2 Å². The summed E-state index contributed by atoms with van der Waals surface area (Å²) in [5, 5.41) is 8.76. The minimum absolute atomic E-state index is 0.0591. The van der Waals surface area contributed by atoms with Crippen LogP contribution in [-0.2, 0) is 4.74 Å². The van der Waals surface area contributed by atoms with Gasteiger partial charge in [-0.25, -0.2) is 0 Å². The van der Waals surface area contributed by atoms with Gasteiger partial charge >= 0.3 is 0 Å². The molecule has 0 aromatic rings. The average Bonchev–Trinajstić information content (AvgIpc) is 1.91. The second-order valence-corrected chi connectivity index (χ2v) is 2.34. The molecule has 1 N–H and O–H groups in total. The molecule has 0 aromatic carbocycles. The second-order valence-electron chi connectivity index (χ2n) is 2.34. The van der Waals surface area contributed by atoms with Crippen LogP contribution in [-0.4, -0.2) is 24.9 Å². The lowest BCUT2D eigenvalue weighted by atomic mass is 10.1. The van der Waals surface area contributed by atoms with Gasteiger partial charge in [-0.15, -0.1) is 0 Å². The molecular formula is C8H16O2. The summed E-state index contributed by atoms with van der Waals surface area (Å²) in [6.45, 7) is 4.06. The Kier molecular flexibility index (Phi) is 5.26. The molecule has 0 aliphatic heterocycles. The van der Waals surface area contributed by atoms with Crippen LogP contribution < -0.4 is 0 Å². The van der Waals surface area contributed by atoms with Gasteiger partial charge in [0, 0.05) is 13.0 Å². The van der Waals surface area contributed by atoms with Crippen LogP contribution in [0.1, 0.15) is 13.8 Å². The van der Waals surface area contributed by atoms with Gasteiger partial charge in [0.25, 0.3) is 0 Å². The highest BCUT2D eigenvalue weighted by Crippen LogP contribution is 2.06. The molecule has 0 amide bonds. The van der Waals surface area contributed by atoms with Crippen molar-refractivity contribution in [1.29, 1.82) is 0 Å². The van der Waals surface area contributed by atoms with Crippen LogP contribution in [0.2, 0.25) is 0 Å². The summed E-state index contributed by atoms with van der Waals surface area (Å²) in [5.41, 5.74) is 0. The first kappa shape index (κ1) is 9.66. The fraction of sp³-hybridized carbons (Fsp3) is 0.750. The molecule has 0 heterocycles. The summed E-state index contributed by atoms with van der Waals surface area (Å²) >= 11 is 0. The number of allylic oxidation sites excluding steroid dienone is 1. The third kappa shape index (κ3) is 2.99. The highest BCUT2D eigenvalue weighted by molar-refractivity contribution is 4.87. The Balaban J connectivity index is 3.75. The number of methoxy groups -OCH3 is 1. The van der Waals surface area contributed by atoms with Gasteiger partial charge in [-0.05, 0) is 6.92 Å². The van der Waals surface area contributed by atoms with E-state index in [9.17, 15) is 0 Å². The number of hydrogen-bond donors (Lipinski definition) is 1. The van der Waals surface area contributed by atoms with E-state index < -0.39 is 0 Å². The summed E-state index contributed by atoms with van der Waals surface area (Å²) in [6.07, 6.45) is 3.92. The first-order valence-corrected chi connectivity index (χ1v) is 3.52. The van der Waals surface area contributed by atoms with Gasteiger partial charge in [-0.1, -0.05) is 19.1 Å². The maximum atomic E-state index is 8.76. The van der Waals surface area contributed by atoms with E-state index in [0.29, 0.717) is 5.92 Å². The lowest BCUT2D eigenvalue weighted by molar-refractivity contribution is 0.0256. The molecule has 2 heteroatoms. The van der Waals surface area contributed by atoms with Crippen LogP contribution in [0.4, 0.5) is 0 Å². The van der Waals surface area contributed by atoms with E-state index in [4.69, 9.17) is 9.84 Å². The van der Waals surface area contributed by atoms with E-state index in [2.05, 4.69) is 0 Å². The zero-order chi connectivity index (χ0) is 7.98. The predicted molar refractivity (Wildman–Crippen MR) is 41.9 cm³/mol. The van der Waals surface area contributed by atoms with Crippen LogP contribution in [0.5, 0.6) is 0 Å². The smallest absolute Gasteiger partial charge is 0.0861 e. The molecule has 60 valence electrons. The molecule has 2 unspecified atom stereocenters. The second kappa shape index (κ2) is 5.45. The Labute approximate surface area is 62.5 Å². The molecule has 0 aromatic heterocycles. The minimum Gasteiger partial charge on any atom is -0.394 e. The number of hydrogen-bond acceptors (Lipinski definition) is 2. The highest BCUT2D eigenvalue weighted by Gasteiger charge is 2.11. The number of aliphatic hydroxyl groups is 1. The Morgan fingerprint density at radius 3 is 2.50 bits per heavy atom. The van der Waals surface area contributed by atoms with Crippen molar-refractivity contribution in [1.82, 2.24) is 0 Å². The molecular weight excluding hydrogens is 128 g/mol. The first-order valence-electron chi connectivity index (χ1n) is 3.52. The van der Waals surface area contributed by atoms with Crippen LogP contribution in [0.15, 0.2) is 12.2 Å². The van der Waals surface area contributed by atoms with Crippen molar-refractivity contribution in [3.63, 3.8) is 0 Å². The van der Waals surface area contributed by atoms with Gasteiger partial charge in [0.15, 0.2) is 0 Å². The molecule has 0 bridgehead atoms. The normalized spacial score (nSPS) is 17.6. The van der Waals surface area contributed by atoms with E-state index in [0.717, 1.165) is 0 Å². The largest absolute Gasteiger partial charge is 0.394 e. The van der Waals surface area contributed by atoms with Crippen molar-refractivity contribution < 1.29 is 9.84 Å². The highest BCUT2D eigenvalue weighted by atomic mass is 16.5. The summed E-state index contributed by atoms with van der Waals surface area (Å²) in [6, 6.07) is 0. The molecule has 0 fully saturated rings. The summed E-state index contributed by atoms with van der Waals surface area (Å²) in [4.78, 5) is 0. The van der Waals surface area contributed by atoms with Crippen molar-refractivity contribution in [2.75, 3.05) is 13.7 Å². The van der Waals surface area contributed by atoms with Gasteiger partial charge in [0.2, 0.25) is 0 Å². The van der Waals surface area contributed by atoms with Gasteiger partial charge in [0.1, 0.15) is 0 Å². The molecule has 2 nitrogen and oxygen atoms in total. The molecule has 0 aliphatic carbocycles. The number of ether oxygens (including phenoxy) is 1. The molecule has 0 radical (unpaired) electrons. The third-order valence-electron chi connectivity index (χ3n) is 1.57. The Bertz CT molecular complexity index is 95.4. The fourth-order valence-electron chi connectivity index (χ4n) is 0.883. The van der Waals surface area contributed by atoms with E-state index in [1.54, 1.807) is 7.11 Å². The SMILES string of the molecule is C/C=C/C(C)C(CO)OC. The summed E-state index contributed by atoms with van der Waals surface area (Å²) < 4.78 is 5.01. The van der Waals surface area contributed by atoms with E-state index in [-0.39, 0.29) is 12.7 Å². The van der Waals surface area contributed by atoms with Crippen LogP contribution in [0.25, 0.3) is 0 Å². The molecule has 10 heavy (non-hydrogen) atoms. The molecule has 0 spiro atoms. The summed E-state index contributed by atoms with van der Waals surface area (Å²) in [7, 11) is 1.61. The number of aliphatic hydroxyl groups excluding tert-OH is 1.